The van der Waals surface area contributed by atoms with E-state index in [1.165, 1.54) is 31.3 Å². The van der Waals surface area contributed by atoms with E-state index in [4.69, 9.17) is 0 Å². The number of fused-ring (bicyclic) bond motifs is 1. The lowest BCUT2D eigenvalue weighted by atomic mass is 9.99. The summed E-state index contributed by atoms with van der Waals surface area (Å²) in [5, 5.41) is 0.0304. The van der Waals surface area contributed by atoms with Crippen molar-refractivity contribution < 1.29 is 18.0 Å². The molecule has 1 heterocycles. The van der Waals surface area contributed by atoms with Crippen molar-refractivity contribution in [1.29, 1.82) is 0 Å². The molecule has 5 heteroatoms. The maximum absolute atomic E-state index is 14.0. The third kappa shape index (κ3) is 2.01. The summed E-state index contributed by atoms with van der Waals surface area (Å²) in [6, 6.07) is 6.53. The van der Waals surface area contributed by atoms with E-state index in [0.29, 0.717) is 5.52 Å². The Balaban J connectivity index is 2.25. The number of carbonyl (C=O) groups is 1. The van der Waals surface area contributed by atoms with Gasteiger partial charge < -0.3 is 4.98 Å². The highest BCUT2D eigenvalue weighted by Gasteiger charge is 2.24. The molecule has 0 atom stereocenters. The van der Waals surface area contributed by atoms with Gasteiger partial charge in [-0.1, -0.05) is 12.1 Å². The minimum Gasteiger partial charge on any atom is -0.360 e. The van der Waals surface area contributed by atoms with Crippen molar-refractivity contribution in [2.24, 2.45) is 0 Å². The summed E-state index contributed by atoms with van der Waals surface area (Å²) in [4.78, 5) is 15.1. The van der Waals surface area contributed by atoms with Crippen molar-refractivity contribution in [1.82, 2.24) is 4.98 Å². The number of carbonyl (C=O) groups excluding carboxylic acids is 1. The van der Waals surface area contributed by atoms with Crippen molar-refractivity contribution in [3.63, 3.8) is 0 Å². The van der Waals surface area contributed by atoms with Gasteiger partial charge in [0.25, 0.3) is 0 Å². The molecule has 21 heavy (non-hydrogen) atoms. The second kappa shape index (κ2) is 4.77. The molecule has 0 amide bonds. The van der Waals surface area contributed by atoms with Crippen LogP contribution in [0, 0.1) is 24.4 Å². The monoisotopic (exact) mass is 289 g/mol. The Morgan fingerprint density at radius 2 is 1.81 bits per heavy atom. The number of nitrogens with one attached hydrogen (secondary N) is 1. The van der Waals surface area contributed by atoms with Crippen LogP contribution in [0.15, 0.2) is 36.5 Å². The first-order valence-corrected chi connectivity index (χ1v) is 6.25. The Hall–Kier alpha value is -2.56. The topological polar surface area (TPSA) is 32.9 Å². The van der Waals surface area contributed by atoms with Gasteiger partial charge in [-0.25, -0.2) is 13.2 Å². The second-order valence-corrected chi connectivity index (χ2v) is 4.75. The minimum atomic E-state index is -0.964. The summed E-state index contributed by atoms with van der Waals surface area (Å²) in [5.74, 6) is -3.39. The molecular formula is C16H10F3NO. The highest BCUT2D eigenvalue weighted by Crippen LogP contribution is 2.26. The first kappa shape index (κ1) is 13.4. The van der Waals surface area contributed by atoms with Gasteiger partial charge in [0.2, 0.25) is 5.78 Å². The van der Waals surface area contributed by atoms with Crippen LogP contribution in [0.25, 0.3) is 10.9 Å². The minimum absolute atomic E-state index is 0.0304. The average molecular weight is 289 g/mol. The summed E-state index contributed by atoms with van der Waals surface area (Å²) in [7, 11) is 0. The van der Waals surface area contributed by atoms with E-state index >= 15 is 0 Å². The van der Waals surface area contributed by atoms with Crippen LogP contribution in [0.2, 0.25) is 0 Å². The van der Waals surface area contributed by atoms with Gasteiger partial charge in [-0.15, -0.1) is 0 Å². The normalized spacial score (nSPS) is 11.0. The third-order valence-electron chi connectivity index (χ3n) is 3.41. The van der Waals surface area contributed by atoms with Crippen molar-refractivity contribution in [3.05, 3.63) is 70.7 Å². The number of hydrogen-bond donors (Lipinski definition) is 1. The van der Waals surface area contributed by atoms with Crippen LogP contribution in [0.1, 0.15) is 21.5 Å². The van der Waals surface area contributed by atoms with Gasteiger partial charge in [-0.05, 0) is 30.7 Å². The van der Waals surface area contributed by atoms with Crippen LogP contribution in [-0.4, -0.2) is 10.8 Å². The summed E-state index contributed by atoms with van der Waals surface area (Å²) >= 11 is 0. The number of ketones is 1. The molecule has 106 valence electrons. The van der Waals surface area contributed by atoms with Gasteiger partial charge >= 0.3 is 0 Å². The van der Waals surface area contributed by atoms with Gasteiger partial charge in [-0.3, -0.25) is 4.79 Å². The van der Waals surface area contributed by atoms with Crippen molar-refractivity contribution in [3.8, 4) is 0 Å². The lowest BCUT2D eigenvalue weighted by molar-refractivity contribution is 0.103. The van der Waals surface area contributed by atoms with Crippen LogP contribution in [0.3, 0.4) is 0 Å². The fraction of sp³-hybridized carbons (Fsp3) is 0.0625. The Morgan fingerprint density at radius 3 is 2.57 bits per heavy atom. The van der Waals surface area contributed by atoms with Crippen LogP contribution < -0.4 is 0 Å². The maximum atomic E-state index is 14.0. The maximum Gasteiger partial charge on any atom is 0.201 e. The average Bonchev–Trinajstić information content (AvgIpc) is 2.88. The van der Waals surface area contributed by atoms with E-state index in [1.807, 2.05) is 0 Å². The number of benzene rings is 2. The lowest BCUT2D eigenvalue weighted by Gasteiger charge is -2.06. The van der Waals surface area contributed by atoms with E-state index < -0.39 is 28.8 Å². The van der Waals surface area contributed by atoms with Crippen LogP contribution in [0.5, 0.6) is 0 Å². The first-order chi connectivity index (χ1) is 10.0. The number of aromatic amines is 1. The standard InChI is InChI=1S/C16H10F3NO/c1-8-5-6-11(18)14(15(8)19)16(21)9-7-20-12-4-2-3-10(17)13(9)12/h2-7,20H,1H3. The first-order valence-electron chi connectivity index (χ1n) is 6.25. The Morgan fingerprint density at radius 1 is 1.05 bits per heavy atom. The summed E-state index contributed by atoms with van der Waals surface area (Å²) in [5.41, 5.74) is -0.211. The van der Waals surface area contributed by atoms with Gasteiger partial charge in [0, 0.05) is 17.1 Å². The highest BCUT2D eigenvalue weighted by molar-refractivity contribution is 6.16. The van der Waals surface area contributed by atoms with Crippen molar-refractivity contribution in [2.75, 3.05) is 0 Å². The molecule has 0 fully saturated rings. The summed E-state index contributed by atoms with van der Waals surface area (Å²) in [6.07, 6.45) is 1.26. The highest BCUT2D eigenvalue weighted by atomic mass is 19.1. The molecular weight excluding hydrogens is 279 g/mol. The number of aryl methyl sites for hydroxylation is 1. The zero-order valence-electron chi connectivity index (χ0n) is 11.0. The Labute approximate surface area is 118 Å². The van der Waals surface area contributed by atoms with Gasteiger partial charge in [0.15, 0.2) is 0 Å². The number of halogens is 3. The molecule has 0 aliphatic rings. The van der Waals surface area contributed by atoms with E-state index in [2.05, 4.69) is 4.98 Å². The zero-order chi connectivity index (χ0) is 15.1. The summed E-state index contributed by atoms with van der Waals surface area (Å²) in [6.45, 7) is 1.43. The van der Waals surface area contributed by atoms with Crippen LogP contribution in [0.4, 0.5) is 13.2 Å². The molecule has 2 aromatic carbocycles. The van der Waals surface area contributed by atoms with Gasteiger partial charge in [-0.2, -0.15) is 0 Å². The van der Waals surface area contributed by atoms with Crippen LogP contribution in [-0.2, 0) is 0 Å². The summed E-state index contributed by atoms with van der Waals surface area (Å²) < 4.78 is 41.7. The predicted octanol–water partition coefficient (Wildman–Crippen LogP) is 4.12. The fourth-order valence-corrected chi connectivity index (χ4v) is 2.32. The van der Waals surface area contributed by atoms with E-state index in [1.54, 1.807) is 6.07 Å². The molecule has 0 saturated heterocycles. The second-order valence-electron chi connectivity index (χ2n) is 4.75. The molecule has 3 aromatic rings. The molecule has 3 rings (SSSR count). The number of aromatic nitrogens is 1. The Bertz CT molecular complexity index is 867. The predicted molar refractivity (Wildman–Crippen MR) is 72.8 cm³/mol. The smallest absolute Gasteiger partial charge is 0.201 e. The van der Waals surface area contributed by atoms with Crippen molar-refractivity contribution in [2.45, 2.75) is 6.92 Å². The molecule has 0 aliphatic heterocycles. The quantitative estimate of drug-likeness (QED) is 0.707. The molecule has 0 bridgehead atoms. The van der Waals surface area contributed by atoms with Gasteiger partial charge in [0.1, 0.15) is 17.5 Å². The van der Waals surface area contributed by atoms with Crippen molar-refractivity contribution >= 4 is 16.7 Å². The molecule has 0 unspecified atom stereocenters. The fourth-order valence-electron chi connectivity index (χ4n) is 2.32. The third-order valence-corrected chi connectivity index (χ3v) is 3.41. The molecule has 2 nitrogen and oxygen atoms in total. The lowest BCUT2D eigenvalue weighted by Crippen LogP contribution is -2.08. The molecule has 0 saturated carbocycles. The van der Waals surface area contributed by atoms with E-state index in [-0.39, 0.29) is 16.5 Å². The SMILES string of the molecule is Cc1ccc(F)c(C(=O)c2c[nH]c3cccc(F)c23)c1F. The molecule has 0 radical (unpaired) electrons. The van der Waals surface area contributed by atoms with E-state index in [0.717, 1.165) is 6.07 Å². The van der Waals surface area contributed by atoms with Gasteiger partial charge in [0.05, 0.1) is 11.1 Å². The zero-order valence-corrected chi connectivity index (χ0v) is 11.0. The Kier molecular flexibility index (Phi) is 3.05. The molecule has 1 N–H and O–H groups in total. The van der Waals surface area contributed by atoms with E-state index in [9.17, 15) is 18.0 Å². The number of rotatable bonds is 2. The molecule has 0 spiro atoms. The largest absolute Gasteiger partial charge is 0.360 e. The number of H-pyrrole nitrogens is 1. The number of hydrogen-bond acceptors (Lipinski definition) is 1. The molecule has 0 aliphatic carbocycles. The molecule has 1 aromatic heterocycles. The van der Waals surface area contributed by atoms with Crippen LogP contribution >= 0.6 is 0 Å².